The first kappa shape index (κ1) is 15.4. The molecule has 2 aliphatic rings. The van der Waals surface area contributed by atoms with Crippen LogP contribution in [-0.4, -0.2) is 47.9 Å². The number of likely N-dealkylation sites (tertiary alicyclic amines) is 2. The Bertz CT molecular complexity index is 558. The van der Waals surface area contributed by atoms with E-state index in [0.717, 1.165) is 32.6 Å². The molecule has 114 valence electrons. The summed E-state index contributed by atoms with van der Waals surface area (Å²) >= 11 is 18.3. The monoisotopic (exact) mass is 346 g/mol. The van der Waals surface area contributed by atoms with Crippen molar-refractivity contribution in [3.8, 4) is 0 Å². The van der Waals surface area contributed by atoms with Crippen LogP contribution in [0.2, 0.25) is 15.1 Å². The van der Waals surface area contributed by atoms with Crippen molar-refractivity contribution >= 4 is 40.7 Å². The van der Waals surface area contributed by atoms with E-state index in [0.29, 0.717) is 21.7 Å². The second kappa shape index (κ2) is 6.33. The Hall–Kier alpha value is -0.480. The van der Waals surface area contributed by atoms with Crippen LogP contribution in [0.5, 0.6) is 0 Å². The van der Waals surface area contributed by atoms with Gasteiger partial charge in [-0.05, 0) is 44.5 Å². The van der Waals surface area contributed by atoms with Gasteiger partial charge < -0.3 is 4.90 Å². The van der Waals surface area contributed by atoms with Crippen LogP contribution >= 0.6 is 34.8 Å². The Balaban J connectivity index is 1.76. The average Bonchev–Trinajstić information content (AvgIpc) is 3.13. The van der Waals surface area contributed by atoms with Gasteiger partial charge >= 0.3 is 0 Å². The Labute approximate surface area is 139 Å². The van der Waals surface area contributed by atoms with Gasteiger partial charge in [-0.15, -0.1) is 0 Å². The van der Waals surface area contributed by atoms with Crippen LogP contribution in [0.25, 0.3) is 0 Å². The first-order valence-corrected chi connectivity index (χ1v) is 8.38. The molecule has 0 bridgehead atoms. The molecule has 6 heteroatoms. The fourth-order valence-corrected chi connectivity index (χ4v) is 3.90. The molecule has 3 rings (SSSR count). The Morgan fingerprint density at radius 3 is 2.43 bits per heavy atom. The van der Waals surface area contributed by atoms with Gasteiger partial charge in [-0.2, -0.15) is 0 Å². The first-order chi connectivity index (χ1) is 10.1. The van der Waals surface area contributed by atoms with Crippen LogP contribution in [0, 0.1) is 0 Å². The van der Waals surface area contributed by atoms with E-state index in [9.17, 15) is 4.79 Å². The van der Waals surface area contributed by atoms with Crippen LogP contribution in [0.4, 0.5) is 0 Å². The lowest BCUT2D eigenvalue weighted by Crippen LogP contribution is -2.37. The topological polar surface area (TPSA) is 23.6 Å². The van der Waals surface area contributed by atoms with Gasteiger partial charge in [0.1, 0.15) is 0 Å². The van der Waals surface area contributed by atoms with Gasteiger partial charge in [0.05, 0.1) is 20.6 Å². The SMILES string of the molecule is O=C(c1c(Cl)ccc(Cl)c1Cl)N1CCC(N2CCCC2)C1. The molecule has 1 amide bonds. The van der Waals surface area contributed by atoms with Crippen molar-refractivity contribution in [1.29, 1.82) is 0 Å². The number of hydrogen-bond acceptors (Lipinski definition) is 2. The summed E-state index contributed by atoms with van der Waals surface area (Å²) in [5.41, 5.74) is 0.327. The van der Waals surface area contributed by atoms with Gasteiger partial charge in [0.2, 0.25) is 0 Å². The van der Waals surface area contributed by atoms with E-state index in [1.807, 2.05) is 4.90 Å². The van der Waals surface area contributed by atoms with Crippen molar-refractivity contribution < 1.29 is 4.79 Å². The molecule has 1 atom stereocenters. The van der Waals surface area contributed by atoms with Crippen LogP contribution in [0.3, 0.4) is 0 Å². The molecule has 1 unspecified atom stereocenters. The minimum atomic E-state index is -0.116. The highest BCUT2D eigenvalue weighted by Crippen LogP contribution is 2.33. The number of amides is 1. The van der Waals surface area contributed by atoms with Gasteiger partial charge in [-0.1, -0.05) is 34.8 Å². The normalized spacial score (nSPS) is 23.0. The van der Waals surface area contributed by atoms with Gasteiger partial charge in [0, 0.05) is 19.1 Å². The second-order valence-corrected chi connectivity index (χ2v) is 6.85. The second-order valence-electron chi connectivity index (χ2n) is 5.65. The smallest absolute Gasteiger partial charge is 0.256 e. The first-order valence-electron chi connectivity index (χ1n) is 7.24. The van der Waals surface area contributed by atoms with E-state index in [4.69, 9.17) is 34.8 Å². The average molecular weight is 348 g/mol. The third-order valence-corrected chi connectivity index (χ3v) is 5.48. The van der Waals surface area contributed by atoms with E-state index in [1.54, 1.807) is 12.1 Å². The zero-order valence-corrected chi connectivity index (χ0v) is 13.9. The lowest BCUT2D eigenvalue weighted by Gasteiger charge is -2.24. The number of hydrogen-bond donors (Lipinski definition) is 0. The van der Waals surface area contributed by atoms with Gasteiger partial charge in [-0.25, -0.2) is 0 Å². The van der Waals surface area contributed by atoms with Crippen molar-refractivity contribution in [3.63, 3.8) is 0 Å². The Kier molecular flexibility index (Phi) is 4.65. The lowest BCUT2D eigenvalue weighted by atomic mass is 10.2. The molecule has 0 spiro atoms. The van der Waals surface area contributed by atoms with Crippen molar-refractivity contribution in [2.75, 3.05) is 26.2 Å². The van der Waals surface area contributed by atoms with Crippen molar-refractivity contribution in [2.45, 2.75) is 25.3 Å². The van der Waals surface area contributed by atoms with Crippen LogP contribution in [0.15, 0.2) is 12.1 Å². The number of benzene rings is 1. The minimum absolute atomic E-state index is 0.116. The molecule has 0 saturated carbocycles. The van der Waals surface area contributed by atoms with Crippen molar-refractivity contribution in [1.82, 2.24) is 9.80 Å². The summed E-state index contributed by atoms with van der Waals surface area (Å²) in [6.07, 6.45) is 3.54. The van der Waals surface area contributed by atoms with E-state index >= 15 is 0 Å². The standard InChI is InChI=1S/C15H17Cl3N2O/c16-11-3-4-12(17)14(18)13(11)15(21)20-8-5-10(9-20)19-6-1-2-7-19/h3-4,10H,1-2,5-9H2. The summed E-state index contributed by atoms with van der Waals surface area (Å²) in [5.74, 6) is -0.116. The summed E-state index contributed by atoms with van der Waals surface area (Å²) in [6.45, 7) is 3.79. The predicted molar refractivity (Wildman–Crippen MR) is 86.6 cm³/mol. The number of carbonyl (C=O) groups is 1. The third kappa shape index (κ3) is 3.02. The summed E-state index contributed by atoms with van der Waals surface area (Å²) < 4.78 is 0. The fourth-order valence-electron chi connectivity index (χ4n) is 3.21. The third-order valence-electron chi connectivity index (χ3n) is 4.37. The minimum Gasteiger partial charge on any atom is -0.337 e. The Morgan fingerprint density at radius 1 is 1.05 bits per heavy atom. The predicted octanol–water partition coefficient (Wildman–Crippen LogP) is 3.96. The molecule has 1 aromatic rings. The molecule has 0 aromatic heterocycles. The molecule has 21 heavy (non-hydrogen) atoms. The van der Waals surface area contributed by atoms with Crippen molar-refractivity contribution in [2.24, 2.45) is 0 Å². The molecule has 0 radical (unpaired) electrons. The molecule has 0 N–H and O–H groups in total. The molecule has 2 aliphatic heterocycles. The number of halogens is 3. The molecule has 0 aliphatic carbocycles. The van der Waals surface area contributed by atoms with E-state index in [2.05, 4.69) is 4.90 Å². The summed E-state index contributed by atoms with van der Waals surface area (Å²) in [6, 6.07) is 3.70. The van der Waals surface area contributed by atoms with Crippen molar-refractivity contribution in [3.05, 3.63) is 32.8 Å². The van der Waals surface area contributed by atoms with E-state index in [1.165, 1.54) is 12.8 Å². The summed E-state index contributed by atoms with van der Waals surface area (Å²) in [5, 5.41) is 0.970. The van der Waals surface area contributed by atoms with Gasteiger partial charge in [0.15, 0.2) is 0 Å². The molecular formula is C15H17Cl3N2O. The van der Waals surface area contributed by atoms with Crippen LogP contribution < -0.4 is 0 Å². The molecule has 2 fully saturated rings. The highest BCUT2D eigenvalue weighted by molar-refractivity contribution is 6.46. The van der Waals surface area contributed by atoms with Gasteiger partial charge in [-0.3, -0.25) is 9.69 Å². The zero-order valence-electron chi connectivity index (χ0n) is 11.6. The molecular weight excluding hydrogens is 331 g/mol. The lowest BCUT2D eigenvalue weighted by molar-refractivity contribution is 0.0780. The highest BCUT2D eigenvalue weighted by Gasteiger charge is 2.33. The fraction of sp³-hybridized carbons (Fsp3) is 0.533. The zero-order chi connectivity index (χ0) is 15.0. The van der Waals surface area contributed by atoms with E-state index in [-0.39, 0.29) is 10.9 Å². The molecule has 2 heterocycles. The molecule has 3 nitrogen and oxygen atoms in total. The van der Waals surface area contributed by atoms with Crippen LogP contribution in [-0.2, 0) is 0 Å². The number of nitrogens with zero attached hydrogens (tertiary/aromatic N) is 2. The molecule has 2 saturated heterocycles. The van der Waals surface area contributed by atoms with E-state index < -0.39 is 0 Å². The maximum absolute atomic E-state index is 12.7. The maximum Gasteiger partial charge on any atom is 0.256 e. The van der Waals surface area contributed by atoms with Crippen LogP contribution in [0.1, 0.15) is 29.6 Å². The largest absolute Gasteiger partial charge is 0.337 e. The number of carbonyl (C=O) groups excluding carboxylic acids is 1. The number of rotatable bonds is 2. The van der Waals surface area contributed by atoms with Gasteiger partial charge in [0.25, 0.3) is 5.91 Å². The summed E-state index contributed by atoms with van der Waals surface area (Å²) in [7, 11) is 0. The molecule has 1 aromatic carbocycles. The maximum atomic E-state index is 12.7. The highest BCUT2D eigenvalue weighted by atomic mass is 35.5. The quantitative estimate of drug-likeness (QED) is 0.756. The Morgan fingerprint density at radius 2 is 1.71 bits per heavy atom. The summed E-state index contributed by atoms with van der Waals surface area (Å²) in [4.78, 5) is 17.0.